The number of allylic oxidation sites excluding steroid dienone is 2. The maximum atomic E-state index is 12.5. The molecule has 0 unspecified atom stereocenters. The number of carbonyl (C=O) groups is 3. The van der Waals surface area contributed by atoms with Gasteiger partial charge < -0.3 is 30.7 Å². The highest BCUT2D eigenvalue weighted by Gasteiger charge is 2.62. The topological polar surface area (TPSA) is 153 Å². The fourth-order valence-corrected chi connectivity index (χ4v) is 9.26. The smallest absolute Gasteiger partial charge is 0.326 e. The van der Waals surface area contributed by atoms with Crippen molar-refractivity contribution in [1.82, 2.24) is 15.6 Å². The number of aliphatic hydroxyl groups is 1. The number of nitrogens with zero attached hydrogens (tertiary/aromatic N) is 1. The van der Waals surface area contributed by atoms with Gasteiger partial charge in [-0.2, -0.15) is 0 Å². The van der Waals surface area contributed by atoms with Crippen LogP contribution in [0.1, 0.15) is 77.7 Å². The van der Waals surface area contributed by atoms with Gasteiger partial charge in [-0.1, -0.05) is 42.8 Å². The predicted octanol–water partition coefficient (Wildman–Crippen LogP) is 4.48. The molecule has 0 saturated heterocycles. The average Bonchev–Trinajstić information content (AvgIpc) is 3.52. The largest absolute Gasteiger partial charge is 0.480 e. The zero-order valence-corrected chi connectivity index (χ0v) is 26.5. The Morgan fingerprint density at radius 2 is 1.82 bits per heavy atom. The van der Waals surface area contributed by atoms with Crippen LogP contribution in [0, 0.1) is 28.6 Å². The predicted molar refractivity (Wildman–Crippen MR) is 170 cm³/mol. The summed E-state index contributed by atoms with van der Waals surface area (Å²) in [5.74, 6) is -0.415. The van der Waals surface area contributed by atoms with Gasteiger partial charge in [-0.3, -0.25) is 9.59 Å². The van der Waals surface area contributed by atoms with E-state index in [4.69, 9.17) is 4.84 Å². The van der Waals surface area contributed by atoms with Gasteiger partial charge in [0.25, 0.3) is 5.91 Å². The zero-order chi connectivity index (χ0) is 32.0. The fraction of sp³-hybridized carbons (Fsp3) is 0.600. The van der Waals surface area contributed by atoms with Gasteiger partial charge >= 0.3 is 5.97 Å². The molecule has 3 fully saturated rings. The number of aromatic nitrogens is 1. The molecule has 0 bridgehead atoms. The number of aromatic amines is 1. The minimum atomic E-state index is -1.15. The molecule has 1 aromatic heterocycles. The third kappa shape index (κ3) is 5.77. The molecule has 242 valence electrons. The highest BCUT2D eigenvalue weighted by Crippen LogP contribution is 2.67. The summed E-state index contributed by atoms with van der Waals surface area (Å²) in [6.07, 6.45) is 12.2. The van der Waals surface area contributed by atoms with E-state index in [1.807, 2.05) is 31.2 Å². The van der Waals surface area contributed by atoms with Crippen LogP contribution < -0.4 is 10.6 Å². The number of benzene rings is 1. The Morgan fingerprint density at radius 3 is 2.62 bits per heavy atom. The third-order valence-electron chi connectivity index (χ3n) is 12.1. The summed E-state index contributed by atoms with van der Waals surface area (Å²) >= 11 is 0. The van der Waals surface area contributed by atoms with E-state index in [1.54, 1.807) is 6.20 Å². The van der Waals surface area contributed by atoms with Crippen molar-refractivity contribution < 1.29 is 29.4 Å². The molecular formula is C35H46N4O6. The van der Waals surface area contributed by atoms with Gasteiger partial charge in [0.15, 0.2) is 6.61 Å². The highest BCUT2D eigenvalue weighted by molar-refractivity contribution is 5.96. The third-order valence-corrected chi connectivity index (χ3v) is 12.1. The Morgan fingerprint density at radius 1 is 1.04 bits per heavy atom. The van der Waals surface area contributed by atoms with Gasteiger partial charge in [0, 0.05) is 23.5 Å². The number of aliphatic carboxylic acids is 1. The van der Waals surface area contributed by atoms with E-state index in [1.165, 1.54) is 5.57 Å². The van der Waals surface area contributed by atoms with Crippen LogP contribution in [0.15, 0.2) is 47.3 Å². The molecule has 10 heteroatoms. The van der Waals surface area contributed by atoms with Crippen LogP contribution >= 0.6 is 0 Å². The van der Waals surface area contributed by atoms with E-state index in [2.05, 4.69) is 40.7 Å². The number of carboxylic acid groups (broad SMARTS) is 1. The Kier molecular flexibility index (Phi) is 8.31. The first-order valence-corrected chi connectivity index (χ1v) is 16.4. The number of hydrogen-bond acceptors (Lipinski definition) is 6. The molecule has 3 saturated carbocycles. The summed E-state index contributed by atoms with van der Waals surface area (Å²) in [7, 11) is 0. The van der Waals surface area contributed by atoms with Crippen LogP contribution in [-0.2, 0) is 25.6 Å². The van der Waals surface area contributed by atoms with Gasteiger partial charge in [0.05, 0.1) is 17.9 Å². The number of carboxylic acids is 1. The lowest BCUT2D eigenvalue weighted by Crippen LogP contribution is -2.53. The molecule has 1 heterocycles. The number of rotatable bonds is 9. The van der Waals surface area contributed by atoms with Crippen molar-refractivity contribution in [2.24, 2.45) is 33.7 Å². The molecule has 10 nitrogen and oxygen atoms in total. The molecule has 2 amide bonds. The minimum Gasteiger partial charge on any atom is -0.480 e. The molecule has 4 aliphatic rings. The minimum absolute atomic E-state index is 0.0119. The van der Waals surface area contributed by atoms with Crippen molar-refractivity contribution in [1.29, 1.82) is 0 Å². The van der Waals surface area contributed by atoms with Crippen molar-refractivity contribution in [2.45, 2.75) is 90.2 Å². The standard InChI is InChI=1S/C35H46N4O6/c1-33-13-10-23(17-22(33)8-9-25-26(33)11-14-34(2)27(25)12-15-35(34,3)44)39-45-20-31(41)37-19-30(40)38-29(32(42)43)16-21-18-36-28-7-5-4-6-24(21)28/h4-7,17-18,25-27,29,36,44H,8-16,19-20H2,1-3H3,(H,37,41)(H,38,40)(H,42,43)/t25-,26-,27-,29-,33+,34+,35+/m1/s1. The maximum absolute atomic E-state index is 12.5. The first-order valence-electron chi connectivity index (χ1n) is 16.4. The number of H-pyrrole nitrogens is 1. The molecule has 0 radical (unpaired) electrons. The molecule has 1 aromatic carbocycles. The van der Waals surface area contributed by atoms with Crippen molar-refractivity contribution in [3.8, 4) is 0 Å². The number of oxime groups is 1. The second-order valence-electron chi connectivity index (χ2n) is 14.4. The van der Waals surface area contributed by atoms with Crippen LogP contribution in [0.4, 0.5) is 0 Å². The van der Waals surface area contributed by atoms with Gasteiger partial charge in [-0.05, 0) is 105 Å². The van der Waals surface area contributed by atoms with E-state index >= 15 is 0 Å². The molecule has 6 rings (SSSR count). The number of nitrogens with one attached hydrogen (secondary N) is 3. The SMILES string of the molecule is C[C@]12CCC(=NOCC(=O)NCC(=O)N[C@H](Cc3c[nH]c4ccccc34)C(=O)O)C=C1CC[C@@H]1[C@H]2CC[C@@]2(C)[C@@H]1CC[C@]2(C)O. The van der Waals surface area contributed by atoms with Crippen molar-refractivity contribution in [3.63, 3.8) is 0 Å². The zero-order valence-electron chi connectivity index (χ0n) is 26.5. The maximum Gasteiger partial charge on any atom is 0.326 e. The van der Waals surface area contributed by atoms with E-state index < -0.39 is 29.4 Å². The molecule has 0 aliphatic heterocycles. The number of para-hydroxylation sites is 1. The summed E-state index contributed by atoms with van der Waals surface area (Å²) < 4.78 is 0. The first-order chi connectivity index (χ1) is 21.4. The molecule has 2 aromatic rings. The molecule has 0 spiro atoms. The van der Waals surface area contributed by atoms with Gasteiger partial charge in [-0.25, -0.2) is 4.79 Å². The van der Waals surface area contributed by atoms with Crippen LogP contribution in [0.3, 0.4) is 0 Å². The van der Waals surface area contributed by atoms with Gasteiger partial charge in [-0.15, -0.1) is 0 Å². The Labute approximate surface area is 264 Å². The summed E-state index contributed by atoms with van der Waals surface area (Å²) in [6, 6.07) is 6.42. The van der Waals surface area contributed by atoms with Gasteiger partial charge in [0.1, 0.15) is 6.04 Å². The lowest BCUT2D eigenvalue weighted by atomic mass is 9.46. The lowest BCUT2D eigenvalue weighted by molar-refractivity contribution is -0.141. The molecular weight excluding hydrogens is 572 g/mol. The van der Waals surface area contributed by atoms with Crippen molar-refractivity contribution >= 4 is 34.4 Å². The Hall–Kier alpha value is -3.66. The van der Waals surface area contributed by atoms with E-state index in [9.17, 15) is 24.6 Å². The summed E-state index contributed by atoms with van der Waals surface area (Å²) in [6.45, 7) is 6.08. The molecule has 45 heavy (non-hydrogen) atoms. The molecule has 5 N–H and O–H groups in total. The second kappa shape index (κ2) is 11.9. The summed E-state index contributed by atoms with van der Waals surface area (Å²) in [4.78, 5) is 45.2. The Balaban J connectivity index is 0.982. The molecule has 4 aliphatic carbocycles. The van der Waals surface area contributed by atoms with Crippen LogP contribution in [0.5, 0.6) is 0 Å². The molecule has 7 atom stereocenters. The number of fused-ring (bicyclic) bond motifs is 6. The van der Waals surface area contributed by atoms with Gasteiger partial charge in [0.2, 0.25) is 5.91 Å². The second-order valence-corrected chi connectivity index (χ2v) is 14.4. The quantitative estimate of drug-likeness (QED) is 0.261. The number of carbonyl (C=O) groups excluding carboxylic acids is 2. The monoisotopic (exact) mass is 618 g/mol. The first kappa shape index (κ1) is 31.3. The van der Waals surface area contributed by atoms with E-state index in [0.29, 0.717) is 17.8 Å². The highest BCUT2D eigenvalue weighted by atomic mass is 16.6. The van der Waals surface area contributed by atoms with Crippen LogP contribution in [0.25, 0.3) is 10.9 Å². The van der Waals surface area contributed by atoms with Crippen LogP contribution in [0.2, 0.25) is 0 Å². The Bertz CT molecular complexity index is 1540. The number of amides is 2. The summed E-state index contributed by atoms with van der Waals surface area (Å²) in [5, 5.41) is 31.0. The van der Waals surface area contributed by atoms with E-state index in [0.717, 1.165) is 73.5 Å². The lowest BCUT2D eigenvalue weighted by Gasteiger charge is -2.59. The van der Waals surface area contributed by atoms with E-state index in [-0.39, 0.29) is 30.4 Å². The van der Waals surface area contributed by atoms with Crippen molar-refractivity contribution in [2.75, 3.05) is 13.2 Å². The fourth-order valence-electron chi connectivity index (χ4n) is 9.26. The van der Waals surface area contributed by atoms with Crippen LogP contribution in [-0.4, -0.2) is 63.5 Å². The van der Waals surface area contributed by atoms with Crippen molar-refractivity contribution in [3.05, 3.63) is 47.7 Å². The average molecular weight is 619 g/mol. The normalized spacial score (nSPS) is 33.8. The number of hydrogen-bond donors (Lipinski definition) is 5. The summed E-state index contributed by atoms with van der Waals surface area (Å²) in [5.41, 5.74) is 3.50.